The molecule has 0 aliphatic heterocycles. The van der Waals surface area contributed by atoms with Crippen LogP contribution in [0, 0.1) is 0 Å². The molecule has 1 aromatic carbocycles. The lowest BCUT2D eigenvalue weighted by molar-refractivity contribution is 0.102. The third kappa shape index (κ3) is 3.35. The second-order valence-electron chi connectivity index (χ2n) is 3.71. The number of rotatable bonds is 4. The maximum atomic E-state index is 12.0. The molecule has 1 aromatic heterocycles. The summed E-state index contributed by atoms with van der Waals surface area (Å²) in [5.74, 6) is -0.295. The van der Waals surface area contributed by atoms with Crippen molar-refractivity contribution in [3.05, 3.63) is 66.0 Å². The van der Waals surface area contributed by atoms with E-state index < -0.39 is 0 Å². The number of benzene rings is 1. The average molecular weight is 251 g/mol. The molecule has 19 heavy (non-hydrogen) atoms. The number of amides is 1. The Labute approximate surface area is 110 Å². The monoisotopic (exact) mass is 251 g/mol. The van der Waals surface area contributed by atoms with Crippen LogP contribution in [0.2, 0.25) is 0 Å². The average Bonchev–Trinajstić information content (AvgIpc) is 2.47. The molecular weight excluding hydrogens is 240 g/mol. The lowest BCUT2D eigenvalue weighted by Gasteiger charge is -2.07. The minimum atomic E-state index is -0.295. The van der Waals surface area contributed by atoms with Gasteiger partial charge in [0.1, 0.15) is 5.69 Å². The molecule has 0 aliphatic rings. The van der Waals surface area contributed by atoms with E-state index >= 15 is 0 Å². The quantitative estimate of drug-likeness (QED) is 0.849. The number of nitrogens with zero attached hydrogens (tertiary/aromatic N) is 1. The number of nitrogens with one attached hydrogen (secondary N) is 1. The number of hydrogen-bond donors (Lipinski definition) is 1. The highest BCUT2D eigenvalue weighted by Crippen LogP contribution is 2.17. The third-order valence-corrected chi connectivity index (χ3v) is 2.44. The fourth-order valence-electron chi connectivity index (χ4n) is 1.56. The van der Waals surface area contributed by atoms with Gasteiger partial charge in [-0.2, -0.15) is 0 Å². The van der Waals surface area contributed by atoms with E-state index in [-0.39, 0.29) is 5.91 Å². The van der Waals surface area contributed by atoms with Crippen molar-refractivity contribution in [3.63, 3.8) is 0 Å². The van der Waals surface area contributed by atoms with Crippen LogP contribution in [0.1, 0.15) is 16.1 Å². The number of carbonyl (C=O) groups excluding carboxylic acids is 2. The first-order valence-corrected chi connectivity index (χ1v) is 5.67. The Balaban J connectivity index is 2.22. The molecule has 0 saturated carbocycles. The van der Waals surface area contributed by atoms with Gasteiger partial charge in [-0.25, -0.2) is 0 Å². The maximum Gasteiger partial charge on any atom is 0.274 e. The standard InChI is InChI=1S/C15H11N2O2/c18-11-5-7-12-6-1-2-8-13(12)17-15(19)14-9-3-4-10-16-14/h1-10H,(H,17,19)/b7-5+. The topological polar surface area (TPSA) is 59.1 Å². The molecular formula is C15H11N2O2. The summed E-state index contributed by atoms with van der Waals surface area (Å²) in [6.45, 7) is 0. The Hall–Kier alpha value is -2.75. The Morgan fingerprint density at radius 2 is 1.95 bits per heavy atom. The first kappa shape index (κ1) is 12.7. The smallest absolute Gasteiger partial charge is 0.274 e. The van der Waals surface area contributed by atoms with Crippen molar-refractivity contribution in [1.29, 1.82) is 0 Å². The van der Waals surface area contributed by atoms with Crippen molar-refractivity contribution < 1.29 is 9.59 Å². The normalized spacial score (nSPS) is 10.3. The van der Waals surface area contributed by atoms with Crippen molar-refractivity contribution in [2.75, 3.05) is 5.32 Å². The summed E-state index contributed by atoms with van der Waals surface area (Å²) < 4.78 is 0. The minimum Gasteiger partial charge on any atom is -0.320 e. The van der Waals surface area contributed by atoms with E-state index in [9.17, 15) is 9.59 Å². The van der Waals surface area contributed by atoms with E-state index in [0.29, 0.717) is 11.4 Å². The zero-order valence-corrected chi connectivity index (χ0v) is 10.0. The molecule has 0 saturated heterocycles. The molecule has 4 nitrogen and oxygen atoms in total. The summed E-state index contributed by atoms with van der Waals surface area (Å²) in [5.41, 5.74) is 1.68. The van der Waals surface area contributed by atoms with Crippen molar-refractivity contribution in [2.45, 2.75) is 0 Å². The predicted molar refractivity (Wildman–Crippen MR) is 73.4 cm³/mol. The molecule has 0 spiro atoms. The molecule has 1 amide bonds. The summed E-state index contributed by atoms with van der Waals surface area (Å²) >= 11 is 0. The van der Waals surface area contributed by atoms with Gasteiger partial charge in [-0.05, 0) is 35.9 Å². The molecule has 0 atom stereocenters. The number of hydrogen-bond acceptors (Lipinski definition) is 3. The maximum absolute atomic E-state index is 12.0. The molecule has 0 bridgehead atoms. The third-order valence-electron chi connectivity index (χ3n) is 2.44. The van der Waals surface area contributed by atoms with E-state index in [2.05, 4.69) is 10.3 Å². The van der Waals surface area contributed by atoms with Crippen LogP contribution in [0.15, 0.2) is 54.7 Å². The second kappa shape index (κ2) is 6.26. The number of pyridine rings is 1. The summed E-state index contributed by atoms with van der Waals surface area (Å²) in [6.07, 6.45) is 6.07. The molecule has 1 N–H and O–H groups in total. The van der Waals surface area contributed by atoms with Gasteiger partial charge in [-0.15, -0.1) is 0 Å². The van der Waals surface area contributed by atoms with Crippen LogP contribution in [-0.2, 0) is 4.79 Å². The number of anilines is 1. The van der Waals surface area contributed by atoms with Crippen LogP contribution in [-0.4, -0.2) is 17.2 Å². The lowest BCUT2D eigenvalue weighted by atomic mass is 10.1. The fraction of sp³-hybridized carbons (Fsp3) is 0. The number of para-hydroxylation sites is 1. The highest BCUT2D eigenvalue weighted by molar-refractivity contribution is 6.04. The fourth-order valence-corrected chi connectivity index (χ4v) is 1.56. The molecule has 0 fully saturated rings. The van der Waals surface area contributed by atoms with Gasteiger partial charge in [-0.1, -0.05) is 24.3 Å². The summed E-state index contributed by atoms with van der Waals surface area (Å²) in [5, 5.41) is 2.75. The van der Waals surface area contributed by atoms with Gasteiger partial charge >= 0.3 is 0 Å². The summed E-state index contributed by atoms with van der Waals surface area (Å²) in [7, 11) is 0. The highest BCUT2D eigenvalue weighted by Gasteiger charge is 2.08. The lowest BCUT2D eigenvalue weighted by Crippen LogP contribution is -2.14. The molecule has 2 rings (SSSR count). The summed E-state index contributed by atoms with van der Waals surface area (Å²) in [4.78, 5) is 26.2. The van der Waals surface area contributed by atoms with Crippen molar-refractivity contribution in [3.8, 4) is 0 Å². The first-order valence-electron chi connectivity index (χ1n) is 5.67. The van der Waals surface area contributed by atoms with Crippen molar-refractivity contribution in [2.24, 2.45) is 0 Å². The number of allylic oxidation sites excluding steroid dienone is 1. The predicted octanol–water partition coefficient (Wildman–Crippen LogP) is 2.46. The Morgan fingerprint density at radius 3 is 2.68 bits per heavy atom. The van der Waals surface area contributed by atoms with Crippen molar-refractivity contribution >= 4 is 24.0 Å². The molecule has 4 heteroatoms. The largest absolute Gasteiger partial charge is 0.320 e. The van der Waals surface area contributed by atoms with E-state index in [4.69, 9.17) is 0 Å². The van der Waals surface area contributed by atoms with E-state index in [1.54, 1.807) is 55.0 Å². The first-order chi connectivity index (χ1) is 9.31. The molecule has 1 radical (unpaired) electrons. The molecule has 93 valence electrons. The van der Waals surface area contributed by atoms with Crippen LogP contribution in [0.25, 0.3) is 6.08 Å². The zero-order chi connectivity index (χ0) is 13.5. The Kier molecular flexibility index (Phi) is 4.18. The highest BCUT2D eigenvalue weighted by atomic mass is 16.1. The van der Waals surface area contributed by atoms with E-state index in [1.807, 2.05) is 6.07 Å². The molecule has 2 aromatic rings. The van der Waals surface area contributed by atoms with Crippen molar-refractivity contribution in [1.82, 2.24) is 4.98 Å². The van der Waals surface area contributed by atoms with Gasteiger partial charge in [0.25, 0.3) is 5.91 Å². The van der Waals surface area contributed by atoms with Crippen LogP contribution in [0.5, 0.6) is 0 Å². The number of carbonyl (C=O) groups is 1. The Morgan fingerprint density at radius 1 is 1.16 bits per heavy atom. The van der Waals surface area contributed by atoms with Crippen LogP contribution in [0.4, 0.5) is 5.69 Å². The van der Waals surface area contributed by atoms with E-state index in [1.165, 1.54) is 6.08 Å². The molecule has 0 unspecified atom stereocenters. The number of aromatic nitrogens is 1. The second-order valence-corrected chi connectivity index (χ2v) is 3.71. The van der Waals surface area contributed by atoms with Crippen LogP contribution in [0.3, 0.4) is 0 Å². The van der Waals surface area contributed by atoms with Gasteiger partial charge in [0.05, 0.1) is 0 Å². The molecule has 1 heterocycles. The van der Waals surface area contributed by atoms with E-state index in [0.717, 1.165) is 5.56 Å². The van der Waals surface area contributed by atoms with Gasteiger partial charge in [0.2, 0.25) is 6.29 Å². The van der Waals surface area contributed by atoms with Crippen LogP contribution < -0.4 is 5.32 Å². The van der Waals surface area contributed by atoms with Gasteiger partial charge < -0.3 is 5.32 Å². The van der Waals surface area contributed by atoms with Gasteiger partial charge in [0, 0.05) is 11.9 Å². The Bertz CT molecular complexity index is 607. The van der Waals surface area contributed by atoms with Gasteiger partial charge in [0.15, 0.2) is 0 Å². The molecule has 0 aliphatic carbocycles. The van der Waals surface area contributed by atoms with Gasteiger partial charge in [-0.3, -0.25) is 14.6 Å². The SMILES string of the molecule is O=[C]/C=C/c1ccccc1NC(=O)c1ccccn1. The summed E-state index contributed by atoms with van der Waals surface area (Å²) in [6, 6.07) is 12.3. The minimum absolute atomic E-state index is 0.295. The van der Waals surface area contributed by atoms with Crippen LogP contribution >= 0.6 is 0 Å². The zero-order valence-electron chi connectivity index (χ0n) is 10.0.